The van der Waals surface area contributed by atoms with Crippen LogP contribution in [0.2, 0.25) is 0 Å². The highest BCUT2D eigenvalue weighted by Gasteiger charge is 2.51. The van der Waals surface area contributed by atoms with Crippen molar-refractivity contribution in [2.75, 3.05) is 27.2 Å². The van der Waals surface area contributed by atoms with E-state index in [0.717, 1.165) is 30.5 Å². The van der Waals surface area contributed by atoms with Crippen LogP contribution in [0, 0.1) is 0 Å². The third kappa shape index (κ3) is 5.73. The number of carbonyl (C=O) groups excluding carboxylic acids is 2. The van der Waals surface area contributed by atoms with Gasteiger partial charge in [-0.2, -0.15) is 0 Å². The number of rotatable bonds is 8. The maximum Gasteiger partial charge on any atom is 0.251 e. The number of nitrogens with one attached hydrogen (secondary N) is 2. The van der Waals surface area contributed by atoms with E-state index in [1.807, 2.05) is 43.3 Å². The van der Waals surface area contributed by atoms with Gasteiger partial charge in [-0.25, -0.2) is 0 Å². The minimum Gasteiger partial charge on any atom is -0.351 e. The van der Waals surface area contributed by atoms with Crippen LogP contribution in [0.25, 0.3) is 0 Å². The molecule has 31 heavy (non-hydrogen) atoms. The van der Waals surface area contributed by atoms with Crippen molar-refractivity contribution >= 4 is 11.8 Å². The summed E-state index contributed by atoms with van der Waals surface area (Å²) in [7, 11) is 3.95. The molecule has 3 rings (SSSR count). The lowest BCUT2D eigenvalue weighted by Crippen LogP contribution is -2.34. The molecule has 1 saturated carbocycles. The van der Waals surface area contributed by atoms with Gasteiger partial charge >= 0.3 is 0 Å². The van der Waals surface area contributed by atoms with Crippen molar-refractivity contribution in [2.45, 2.75) is 51.0 Å². The Balaban J connectivity index is 1.55. The highest BCUT2D eigenvalue weighted by Crippen LogP contribution is 2.48. The minimum atomic E-state index is -0.386. The molecule has 0 radical (unpaired) electrons. The van der Waals surface area contributed by atoms with Crippen LogP contribution in [-0.2, 0) is 22.2 Å². The molecule has 0 aromatic heterocycles. The first kappa shape index (κ1) is 23.0. The van der Waals surface area contributed by atoms with Crippen LogP contribution in [0.4, 0.5) is 0 Å². The molecule has 2 aromatic rings. The predicted octanol–water partition coefficient (Wildman–Crippen LogP) is 3.62. The smallest absolute Gasteiger partial charge is 0.251 e. The van der Waals surface area contributed by atoms with Crippen molar-refractivity contribution in [3.63, 3.8) is 0 Å². The fourth-order valence-electron chi connectivity index (χ4n) is 3.68. The fraction of sp³-hybridized carbons (Fsp3) is 0.462. The van der Waals surface area contributed by atoms with Gasteiger partial charge in [0.05, 0.1) is 5.41 Å². The lowest BCUT2D eigenvalue weighted by atomic mass is 9.85. The molecule has 1 aliphatic rings. The molecule has 0 spiro atoms. The summed E-state index contributed by atoms with van der Waals surface area (Å²) < 4.78 is 0. The molecule has 0 aliphatic heterocycles. The first-order chi connectivity index (χ1) is 14.6. The Morgan fingerprint density at radius 1 is 0.935 bits per heavy atom. The summed E-state index contributed by atoms with van der Waals surface area (Å²) in [6, 6.07) is 15.9. The van der Waals surface area contributed by atoms with Gasteiger partial charge in [0.25, 0.3) is 5.91 Å². The van der Waals surface area contributed by atoms with Crippen LogP contribution in [0.15, 0.2) is 48.5 Å². The molecule has 1 aliphatic carbocycles. The molecule has 2 amide bonds. The molecule has 2 N–H and O–H groups in total. The maximum absolute atomic E-state index is 13.0. The SMILES string of the molecule is CN(C)CCNC(=O)c1ccc(CNC(=O)C2(c3ccc(C(C)(C)C)cc3)CC2)cc1. The Hall–Kier alpha value is -2.66. The number of amides is 2. The van der Waals surface area contributed by atoms with Crippen molar-refractivity contribution in [2.24, 2.45) is 0 Å². The van der Waals surface area contributed by atoms with Crippen LogP contribution in [0.1, 0.15) is 60.7 Å². The summed E-state index contributed by atoms with van der Waals surface area (Å²) in [5, 5.41) is 6.00. The number of hydrogen-bond acceptors (Lipinski definition) is 3. The number of carbonyl (C=O) groups is 2. The summed E-state index contributed by atoms with van der Waals surface area (Å²) >= 11 is 0. The van der Waals surface area contributed by atoms with Gasteiger partial charge in [-0.15, -0.1) is 0 Å². The normalized spacial score (nSPS) is 14.9. The van der Waals surface area contributed by atoms with Crippen molar-refractivity contribution in [3.8, 4) is 0 Å². The van der Waals surface area contributed by atoms with Gasteiger partial charge in [-0.3, -0.25) is 9.59 Å². The second-order valence-electron chi connectivity index (χ2n) is 9.85. The molecule has 5 nitrogen and oxygen atoms in total. The molecule has 0 saturated heterocycles. The average Bonchev–Trinajstić information content (AvgIpc) is 3.53. The molecule has 5 heteroatoms. The van der Waals surface area contributed by atoms with Gasteiger partial charge in [0, 0.05) is 25.2 Å². The highest BCUT2D eigenvalue weighted by atomic mass is 16.2. The summed E-state index contributed by atoms with van der Waals surface area (Å²) in [5.74, 6) is 0.00888. The van der Waals surface area contributed by atoms with E-state index in [4.69, 9.17) is 0 Å². The molecule has 0 atom stereocenters. The Bertz CT molecular complexity index is 905. The van der Waals surface area contributed by atoms with Crippen LogP contribution in [0.3, 0.4) is 0 Å². The summed E-state index contributed by atoms with van der Waals surface area (Å²) in [5.41, 5.74) is 3.71. The highest BCUT2D eigenvalue weighted by molar-refractivity contribution is 5.94. The average molecular weight is 422 g/mol. The van der Waals surface area contributed by atoms with Crippen molar-refractivity contribution < 1.29 is 9.59 Å². The monoisotopic (exact) mass is 421 g/mol. The van der Waals surface area contributed by atoms with Gasteiger partial charge in [-0.1, -0.05) is 57.2 Å². The topological polar surface area (TPSA) is 61.4 Å². The summed E-state index contributed by atoms with van der Waals surface area (Å²) in [6.07, 6.45) is 1.78. The lowest BCUT2D eigenvalue weighted by molar-refractivity contribution is -0.123. The zero-order valence-corrected chi connectivity index (χ0v) is 19.4. The standard InChI is InChI=1S/C26H35N3O2/c1-25(2,3)21-10-12-22(13-11-21)26(14-15-26)24(31)28-18-19-6-8-20(9-7-19)23(30)27-16-17-29(4)5/h6-13H,14-18H2,1-5H3,(H,27,30)(H,28,31). The second kappa shape index (κ2) is 9.23. The van der Waals surface area contributed by atoms with E-state index in [2.05, 4.69) is 55.7 Å². The third-order valence-electron chi connectivity index (χ3n) is 6.00. The number of benzene rings is 2. The second-order valence-corrected chi connectivity index (χ2v) is 9.85. The lowest BCUT2D eigenvalue weighted by Gasteiger charge is -2.21. The van der Waals surface area contributed by atoms with E-state index in [1.54, 1.807) is 0 Å². The molecule has 166 valence electrons. The quantitative estimate of drug-likeness (QED) is 0.684. The Morgan fingerprint density at radius 3 is 2.06 bits per heavy atom. The molecule has 1 fully saturated rings. The molecule has 0 bridgehead atoms. The van der Waals surface area contributed by atoms with Crippen molar-refractivity contribution in [3.05, 3.63) is 70.8 Å². The Labute approximate surface area is 186 Å². The van der Waals surface area contributed by atoms with Gasteiger partial charge in [-0.05, 0) is 61.2 Å². The molecule has 0 heterocycles. The number of likely N-dealkylation sites (N-methyl/N-ethyl adjacent to an activating group) is 1. The minimum absolute atomic E-state index is 0.0759. The van der Waals surface area contributed by atoms with Crippen LogP contribution in [-0.4, -0.2) is 43.9 Å². The molecule has 2 aromatic carbocycles. The van der Waals surface area contributed by atoms with Crippen LogP contribution in [0.5, 0.6) is 0 Å². The predicted molar refractivity (Wildman–Crippen MR) is 125 cm³/mol. The van der Waals surface area contributed by atoms with Gasteiger partial charge < -0.3 is 15.5 Å². The van der Waals surface area contributed by atoms with E-state index in [0.29, 0.717) is 18.7 Å². The van der Waals surface area contributed by atoms with Gasteiger partial charge in [0.15, 0.2) is 0 Å². The van der Waals surface area contributed by atoms with E-state index in [9.17, 15) is 9.59 Å². The fourth-order valence-corrected chi connectivity index (χ4v) is 3.68. The molecule has 0 unspecified atom stereocenters. The molecular formula is C26H35N3O2. The van der Waals surface area contributed by atoms with Gasteiger partial charge in [0.1, 0.15) is 0 Å². The van der Waals surface area contributed by atoms with E-state index < -0.39 is 0 Å². The summed E-state index contributed by atoms with van der Waals surface area (Å²) in [6.45, 7) is 8.46. The Morgan fingerprint density at radius 2 is 1.55 bits per heavy atom. The third-order valence-corrected chi connectivity index (χ3v) is 6.00. The Kier molecular flexibility index (Phi) is 6.85. The summed E-state index contributed by atoms with van der Waals surface area (Å²) in [4.78, 5) is 27.2. The van der Waals surface area contributed by atoms with Gasteiger partial charge in [0.2, 0.25) is 5.91 Å². The largest absolute Gasteiger partial charge is 0.351 e. The van der Waals surface area contributed by atoms with E-state index in [1.165, 1.54) is 5.56 Å². The van der Waals surface area contributed by atoms with E-state index >= 15 is 0 Å². The van der Waals surface area contributed by atoms with Crippen molar-refractivity contribution in [1.29, 1.82) is 0 Å². The maximum atomic E-state index is 13.0. The first-order valence-electron chi connectivity index (χ1n) is 11.0. The van der Waals surface area contributed by atoms with Crippen LogP contribution >= 0.6 is 0 Å². The van der Waals surface area contributed by atoms with E-state index in [-0.39, 0.29) is 22.6 Å². The van der Waals surface area contributed by atoms with Crippen molar-refractivity contribution in [1.82, 2.24) is 15.5 Å². The zero-order valence-electron chi connectivity index (χ0n) is 19.4. The number of nitrogens with zero attached hydrogens (tertiary/aromatic N) is 1. The number of hydrogen-bond donors (Lipinski definition) is 2. The first-order valence-corrected chi connectivity index (χ1v) is 11.0. The zero-order chi connectivity index (χ0) is 22.6. The molecular weight excluding hydrogens is 386 g/mol. The van der Waals surface area contributed by atoms with Crippen LogP contribution < -0.4 is 10.6 Å².